The van der Waals surface area contributed by atoms with E-state index in [2.05, 4.69) is 42.1 Å². The zero-order valence-electron chi connectivity index (χ0n) is 14.5. The Labute approximate surface area is 150 Å². The normalized spacial score (nSPS) is 15.2. The van der Waals surface area contributed by atoms with E-state index in [4.69, 9.17) is 0 Å². The summed E-state index contributed by atoms with van der Waals surface area (Å²) in [5.74, 6) is -0.291. The molecular weight excluding hydrogens is 330 g/mol. The Hall–Kier alpha value is -3.13. The molecule has 0 unspecified atom stereocenters. The van der Waals surface area contributed by atoms with Gasteiger partial charge in [0.25, 0.3) is 5.91 Å². The smallest absolute Gasteiger partial charge is 0.274 e. The summed E-state index contributed by atoms with van der Waals surface area (Å²) in [5, 5.41) is 2.93. The number of piperazine rings is 1. The quantitative estimate of drug-likeness (QED) is 0.765. The van der Waals surface area contributed by atoms with Crippen molar-refractivity contribution in [3.63, 3.8) is 0 Å². The molecule has 132 valence electrons. The maximum absolute atomic E-state index is 12.7. The molecule has 0 spiro atoms. The molecule has 26 heavy (non-hydrogen) atoms. The van der Waals surface area contributed by atoms with Crippen molar-refractivity contribution in [1.82, 2.24) is 24.8 Å². The average Bonchev–Trinajstić information content (AvgIpc) is 2.69. The number of rotatable bonds is 3. The van der Waals surface area contributed by atoms with Crippen molar-refractivity contribution in [2.75, 3.05) is 43.4 Å². The van der Waals surface area contributed by atoms with Gasteiger partial charge in [0.1, 0.15) is 11.2 Å². The molecule has 8 nitrogen and oxygen atoms in total. The highest BCUT2D eigenvalue weighted by Gasteiger charge is 2.19. The van der Waals surface area contributed by atoms with Crippen LogP contribution in [-0.2, 0) is 0 Å². The Bertz CT molecular complexity index is 937. The third kappa shape index (κ3) is 3.31. The van der Waals surface area contributed by atoms with E-state index in [0.29, 0.717) is 22.5 Å². The Morgan fingerprint density at radius 1 is 1.04 bits per heavy atom. The number of hydrogen-bond acceptors (Lipinski definition) is 7. The van der Waals surface area contributed by atoms with E-state index in [-0.39, 0.29) is 5.91 Å². The van der Waals surface area contributed by atoms with Gasteiger partial charge in [-0.25, -0.2) is 9.97 Å². The van der Waals surface area contributed by atoms with E-state index >= 15 is 0 Å². The van der Waals surface area contributed by atoms with Crippen LogP contribution in [0.3, 0.4) is 0 Å². The summed E-state index contributed by atoms with van der Waals surface area (Å²) in [7, 11) is 2.11. The average molecular weight is 349 g/mol. The predicted molar refractivity (Wildman–Crippen MR) is 99.2 cm³/mol. The lowest BCUT2D eigenvalue weighted by molar-refractivity contribution is 0.102. The summed E-state index contributed by atoms with van der Waals surface area (Å²) in [6.07, 6.45) is 6.57. The van der Waals surface area contributed by atoms with Crippen LogP contribution in [0.4, 0.5) is 11.4 Å². The monoisotopic (exact) mass is 349 g/mol. The third-order valence-electron chi connectivity index (χ3n) is 4.45. The Morgan fingerprint density at radius 2 is 1.85 bits per heavy atom. The van der Waals surface area contributed by atoms with Crippen molar-refractivity contribution in [3.8, 4) is 0 Å². The number of carbonyl (C=O) groups excluding carboxylic acids is 1. The van der Waals surface area contributed by atoms with Gasteiger partial charge >= 0.3 is 0 Å². The predicted octanol–water partition coefficient (Wildman–Crippen LogP) is 1.42. The van der Waals surface area contributed by atoms with Gasteiger partial charge in [0, 0.05) is 44.8 Å². The molecule has 0 bridgehead atoms. The molecule has 4 rings (SSSR count). The van der Waals surface area contributed by atoms with E-state index in [1.807, 2.05) is 6.07 Å². The zero-order chi connectivity index (χ0) is 17.9. The van der Waals surface area contributed by atoms with Gasteiger partial charge in [0.15, 0.2) is 5.65 Å². The summed E-state index contributed by atoms with van der Waals surface area (Å²) in [5.41, 5.74) is 3.06. The minimum atomic E-state index is -0.291. The maximum atomic E-state index is 12.7. The van der Waals surface area contributed by atoms with Crippen molar-refractivity contribution in [3.05, 3.63) is 48.7 Å². The number of pyridine rings is 2. The first-order valence-corrected chi connectivity index (χ1v) is 8.47. The molecule has 3 aromatic heterocycles. The minimum Gasteiger partial charge on any atom is -0.367 e. The number of carbonyl (C=O) groups is 1. The highest BCUT2D eigenvalue weighted by atomic mass is 16.1. The second-order valence-electron chi connectivity index (χ2n) is 6.23. The van der Waals surface area contributed by atoms with Crippen LogP contribution in [0, 0.1) is 0 Å². The summed E-state index contributed by atoms with van der Waals surface area (Å²) in [6, 6.07) is 5.33. The van der Waals surface area contributed by atoms with Crippen molar-refractivity contribution in [2.45, 2.75) is 0 Å². The lowest BCUT2D eigenvalue weighted by Crippen LogP contribution is -2.44. The van der Waals surface area contributed by atoms with Crippen molar-refractivity contribution in [1.29, 1.82) is 0 Å². The molecule has 1 amide bonds. The molecule has 3 aromatic rings. The number of anilines is 2. The van der Waals surface area contributed by atoms with Crippen LogP contribution in [0.15, 0.2) is 43.0 Å². The van der Waals surface area contributed by atoms with Crippen LogP contribution < -0.4 is 10.2 Å². The fourth-order valence-corrected chi connectivity index (χ4v) is 2.97. The molecule has 1 aliphatic rings. The third-order valence-corrected chi connectivity index (χ3v) is 4.45. The Morgan fingerprint density at radius 3 is 2.69 bits per heavy atom. The summed E-state index contributed by atoms with van der Waals surface area (Å²) >= 11 is 0. The van der Waals surface area contributed by atoms with E-state index in [1.54, 1.807) is 36.9 Å². The number of likely N-dealkylation sites (N-methyl/N-ethyl adjacent to an activating group) is 1. The second-order valence-corrected chi connectivity index (χ2v) is 6.23. The van der Waals surface area contributed by atoms with Gasteiger partial charge in [-0.05, 0) is 25.2 Å². The topological polar surface area (TPSA) is 87.1 Å². The largest absolute Gasteiger partial charge is 0.367 e. The fraction of sp³-hybridized carbons (Fsp3) is 0.278. The summed E-state index contributed by atoms with van der Waals surface area (Å²) < 4.78 is 0. The molecule has 1 fully saturated rings. The first kappa shape index (κ1) is 16.3. The number of nitrogens with zero attached hydrogens (tertiary/aromatic N) is 6. The number of nitrogens with one attached hydrogen (secondary N) is 1. The molecule has 1 aliphatic heterocycles. The van der Waals surface area contributed by atoms with Gasteiger partial charge in [-0.3, -0.25) is 14.8 Å². The van der Waals surface area contributed by atoms with Gasteiger partial charge in [0.05, 0.1) is 17.6 Å². The molecule has 1 saturated heterocycles. The number of hydrogen-bond donors (Lipinski definition) is 1. The van der Waals surface area contributed by atoms with Crippen LogP contribution in [0.5, 0.6) is 0 Å². The van der Waals surface area contributed by atoms with Crippen molar-refractivity contribution in [2.24, 2.45) is 0 Å². The van der Waals surface area contributed by atoms with Gasteiger partial charge in [0.2, 0.25) is 0 Å². The van der Waals surface area contributed by atoms with Gasteiger partial charge in [-0.15, -0.1) is 0 Å². The van der Waals surface area contributed by atoms with E-state index < -0.39 is 0 Å². The van der Waals surface area contributed by atoms with Crippen LogP contribution in [0.25, 0.3) is 11.2 Å². The molecule has 1 N–H and O–H groups in total. The van der Waals surface area contributed by atoms with Gasteiger partial charge in [-0.2, -0.15) is 0 Å². The van der Waals surface area contributed by atoms with Crippen molar-refractivity contribution >= 4 is 28.4 Å². The van der Waals surface area contributed by atoms with E-state index in [1.165, 1.54) is 0 Å². The van der Waals surface area contributed by atoms with Crippen LogP contribution >= 0.6 is 0 Å². The maximum Gasteiger partial charge on any atom is 0.274 e. The summed E-state index contributed by atoms with van der Waals surface area (Å²) in [4.78, 5) is 34.0. The number of fused-ring (bicyclic) bond motifs is 1. The lowest BCUT2D eigenvalue weighted by atomic mass is 10.2. The molecule has 0 aromatic carbocycles. The van der Waals surface area contributed by atoms with Gasteiger partial charge < -0.3 is 15.1 Å². The number of aromatic nitrogens is 4. The molecule has 4 heterocycles. The molecule has 8 heteroatoms. The van der Waals surface area contributed by atoms with Crippen LogP contribution in [0.1, 0.15) is 10.5 Å². The fourth-order valence-electron chi connectivity index (χ4n) is 2.97. The number of amides is 1. The van der Waals surface area contributed by atoms with Crippen LogP contribution in [0.2, 0.25) is 0 Å². The first-order valence-electron chi connectivity index (χ1n) is 8.47. The SMILES string of the molecule is CN1CCN(c2ccncc2NC(=O)c2ccc3nccnc3n2)CC1. The summed E-state index contributed by atoms with van der Waals surface area (Å²) in [6.45, 7) is 3.79. The first-order chi connectivity index (χ1) is 12.7. The lowest BCUT2D eigenvalue weighted by Gasteiger charge is -2.34. The zero-order valence-corrected chi connectivity index (χ0v) is 14.5. The molecular formula is C18H19N7O. The highest BCUT2D eigenvalue weighted by molar-refractivity contribution is 6.05. The molecule has 0 saturated carbocycles. The second kappa shape index (κ2) is 7.01. The standard InChI is InChI=1S/C18H19N7O/c1-24-8-10-25(11-9-24)16-4-5-19-12-15(16)23-18(26)14-3-2-13-17(22-14)21-7-6-20-13/h2-7,12H,8-11H2,1H3,(H,23,26). The highest BCUT2D eigenvalue weighted by Crippen LogP contribution is 2.26. The minimum absolute atomic E-state index is 0.291. The van der Waals surface area contributed by atoms with E-state index in [0.717, 1.165) is 31.9 Å². The van der Waals surface area contributed by atoms with E-state index in [9.17, 15) is 4.79 Å². The molecule has 0 radical (unpaired) electrons. The molecule has 0 atom stereocenters. The molecule has 0 aliphatic carbocycles. The Kier molecular flexibility index (Phi) is 4.40. The van der Waals surface area contributed by atoms with Crippen LogP contribution in [-0.4, -0.2) is 64.0 Å². The van der Waals surface area contributed by atoms with Gasteiger partial charge in [-0.1, -0.05) is 0 Å². The Balaban J connectivity index is 1.57. The van der Waals surface area contributed by atoms with Crippen molar-refractivity contribution < 1.29 is 4.79 Å².